The van der Waals surface area contributed by atoms with E-state index in [0.29, 0.717) is 0 Å². The van der Waals surface area contributed by atoms with E-state index in [2.05, 4.69) is 47.1 Å². The van der Waals surface area contributed by atoms with Crippen molar-refractivity contribution in [1.29, 1.82) is 5.41 Å². The molecular formula is C14H21N3. The van der Waals surface area contributed by atoms with Gasteiger partial charge in [-0.25, -0.2) is 0 Å². The van der Waals surface area contributed by atoms with E-state index in [1.807, 2.05) is 0 Å². The maximum Gasteiger partial charge on any atom is 0.0958 e. The van der Waals surface area contributed by atoms with Gasteiger partial charge in [0.2, 0.25) is 0 Å². The summed E-state index contributed by atoms with van der Waals surface area (Å²) in [5, 5.41) is 7.96. The third-order valence-electron chi connectivity index (χ3n) is 3.27. The molecule has 1 heterocycles. The van der Waals surface area contributed by atoms with Crippen molar-refractivity contribution in [3.8, 4) is 0 Å². The third-order valence-corrected chi connectivity index (χ3v) is 3.27. The number of nitrogens with zero attached hydrogens (tertiary/aromatic N) is 2. The molecule has 2 rings (SSSR count). The van der Waals surface area contributed by atoms with Gasteiger partial charge in [0, 0.05) is 38.3 Å². The van der Waals surface area contributed by atoms with Gasteiger partial charge in [-0.05, 0) is 18.6 Å². The van der Waals surface area contributed by atoms with Crippen LogP contribution < -0.4 is 4.90 Å². The summed E-state index contributed by atoms with van der Waals surface area (Å²) >= 11 is 0. The highest BCUT2D eigenvalue weighted by molar-refractivity contribution is 5.79. The van der Waals surface area contributed by atoms with Crippen molar-refractivity contribution in [1.82, 2.24) is 4.90 Å². The molecule has 3 nitrogen and oxygen atoms in total. The van der Waals surface area contributed by atoms with E-state index in [9.17, 15) is 0 Å². The SMILES string of the molecule is CCCC(=N)N1CCN(c2ccccc2)CC1. The van der Waals surface area contributed by atoms with Crippen LogP contribution in [-0.4, -0.2) is 36.9 Å². The van der Waals surface area contributed by atoms with E-state index in [1.54, 1.807) is 0 Å². The summed E-state index contributed by atoms with van der Waals surface area (Å²) < 4.78 is 0. The predicted molar refractivity (Wildman–Crippen MR) is 72.9 cm³/mol. The molecule has 1 aromatic carbocycles. The molecule has 1 N–H and O–H groups in total. The molecule has 1 aromatic rings. The third kappa shape index (κ3) is 2.99. The lowest BCUT2D eigenvalue weighted by atomic mass is 10.2. The molecule has 0 spiro atoms. The summed E-state index contributed by atoms with van der Waals surface area (Å²) in [7, 11) is 0. The zero-order valence-corrected chi connectivity index (χ0v) is 10.5. The maximum absolute atomic E-state index is 7.96. The lowest BCUT2D eigenvalue weighted by molar-refractivity contribution is 0.376. The van der Waals surface area contributed by atoms with Crippen LogP contribution in [0.15, 0.2) is 30.3 Å². The van der Waals surface area contributed by atoms with Gasteiger partial charge in [0.25, 0.3) is 0 Å². The monoisotopic (exact) mass is 231 g/mol. The molecule has 17 heavy (non-hydrogen) atoms. The summed E-state index contributed by atoms with van der Waals surface area (Å²) in [5.74, 6) is 0.806. The first-order valence-corrected chi connectivity index (χ1v) is 6.43. The van der Waals surface area contributed by atoms with Crippen molar-refractivity contribution in [2.75, 3.05) is 31.1 Å². The molecule has 0 atom stereocenters. The molecule has 3 heteroatoms. The van der Waals surface area contributed by atoms with E-state index < -0.39 is 0 Å². The Bertz CT molecular complexity index is 353. The van der Waals surface area contributed by atoms with Crippen LogP contribution in [0, 0.1) is 5.41 Å². The Hall–Kier alpha value is -1.51. The Labute approximate surface area is 104 Å². The first-order valence-electron chi connectivity index (χ1n) is 6.43. The lowest BCUT2D eigenvalue weighted by Crippen LogP contribution is -2.48. The van der Waals surface area contributed by atoms with Gasteiger partial charge in [-0.2, -0.15) is 0 Å². The van der Waals surface area contributed by atoms with Crippen LogP contribution in [0.2, 0.25) is 0 Å². The summed E-state index contributed by atoms with van der Waals surface area (Å²) in [4.78, 5) is 4.61. The first kappa shape index (κ1) is 12.0. The number of para-hydroxylation sites is 1. The Morgan fingerprint density at radius 3 is 2.35 bits per heavy atom. The molecule has 1 aliphatic heterocycles. The van der Waals surface area contributed by atoms with Crippen molar-refractivity contribution in [2.45, 2.75) is 19.8 Å². The van der Waals surface area contributed by atoms with Crippen LogP contribution in [0.25, 0.3) is 0 Å². The van der Waals surface area contributed by atoms with Gasteiger partial charge in [-0.3, -0.25) is 5.41 Å². The highest BCUT2D eigenvalue weighted by Crippen LogP contribution is 2.15. The quantitative estimate of drug-likeness (QED) is 0.640. The van der Waals surface area contributed by atoms with Gasteiger partial charge in [-0.15, -0.1) is 0 Å². The average Bonchev–Trinajstić information content (AvgIpc) is 2.40. The molecule has 0 aliphatic carbocycles. The number of amidine groups is 1. The molecule has 1 saturated heterocycles. The Morgan fingerprint density at radius 2 is 1.76 bits per heavy atom. The summed E-state index contributed by atoms with van der Waals surface area (Å²) in [6, 6.07) is 10.5. The lowest BCUT2D eigenvalue weighted by Gasteiger charge is -2.37. The smallest absolute Gasteiger partial charge is 0.0958 e. The van der Waals surface area contributed by atoms with Gasteiger partial charge in [0.05, 0.1) is 5.84 Å². The van der Waals surface area contributed by atoms with E-state index in [0.717, 1.165) is 44.9 Å². The number of benzene rings is 1. The van der Waals surface area contributed by atoms with Crippen molar-refractivity contribution in [3.63, 3.8) is 0 Å². The number of rotatable bonds is 3. The second-order valence-electron chi connectivity index (χ2n) is 4.51. The molecule has 0 unspecified atom stereocenters. The van der Waals surface area contributed by atoms with E-state index in [-0.39, 0.29) is 0 Å². The minimum absolute atomic E-state index is 0.806. The fraction of sp³-hybridized carbons (Fsp3) is 0.500. The van der Waals surface area contributed by atoms with Crippen LogP contribution in [0.5, 0.6) is 0 Å². The van der Waals surface area contributed by atoms with Gasteiger partial charge in [0.15, 0.2) is 0 Å². The van der Waals surface area contributed by atoms with E-state index >= 15 is 0 Å². The second kappa shape index (κ2) is 5.71. The van der Waals surface area contributed by atoms with Crippen molar-refractivity contribution < 1.29 is 0 Å². The van der Waals surface area contributed by atoms with Crippen LogP contribution in [-0.2, 0) is 0 Å². The van der Waals surface area contributed by atoms with Crippen molar-refractivity contribution >= 4 is 11.5 Å². The Balaban J connectivity index is 1.88. The minimum atomic E-state index is 0.806. The summed E-state index contributed by atoms with van der Waals surface area (Å²) in [6.45, 7) is 6.14. The number of anilines is 1. The summed E-state index contributed by atoms with van der Waals surface area (Å²) in [5.41, 5.74) is 1.30. The fourth-order valence-corrected chi connectivity index (χ4v) is 2.27. The largest absolute Gasteiger partial charge is 0.368 e. The molecule has 0 bridgehead atoms. The summed E-state index contributed by atoms with van der Waals surface area (Å²) in [6.07, 6.45) is 1.98. The highest BCUT2D eigenvalue weighted by Gasteiger charge is 2.18. The highest BCUT2D eigenvalue weighted by atomic mass is 15.3. The molecule has 0 aromatic heterocycles. The van der Waals surface area contributed by atoms with Crippen LogP contribution >= 0.6 is 0 Å². The molecule has 0 radical (unpaired) electrons. The van der Waals surface area contributed by atoms with Crippen molar-refractivity contribution in [3.05, 3.63) is 30.3 Å². The number of hydrogen-bond acceptors (Lipinski definition) is 2. The molecule has 1 fully saturated rings. The zero-order valence-electron chi connectivity index (χ0n) is 10.5. The second-order valence-corrected chi connectivity index (χ2v) is 4.51. The Kier molecular flexibility index (Phi) is 4.02. The zero-order chi connectivity index (χ0) is 12.1. The predicted octanol–water partition coefficient (Wildman–Crippen LogP) is 2.59. The maximum atomic E-state index is 7.96. The van der Waals surface area contributed by atoms with E-state index in [4.69, 9.17) is 5.41 Å². The normalized spacial score (nSPS) is 16.1. The molecule has 0 amide bonds. The number of piperazine rings is 1. The molecule has 0 saturated carbocycles. The molecule has 92 valence electrons. The van der Waals surface area contributed by atoms with Gasteiger partial charge in [-0.1, -0.05) is 25.1 Å². The number of hydrogen-bond donors (Lipinski definition) is 1. The average molecular weight is 231 g/mol. The minimum Gasteiger partial charge on any atom is -0.368 e. The van der Waals surface area contributed by atoms with Crippen LogP contribution in [0.3, 0.4) is 0 Å². The van der Waals surface area contributed by atoms with Crippen LogP contribution in [0.4, 0.5) is 5.69 Å². The van der Waals surface area contributed by atoms with Crippen molar-refractivity contribution in [2.24, 2.45) is 0 Å². The fourth-order valence-electron chi connectivity index (χ4n) is 2.27. The van der Waals surface area contributed by atoms with Gasteiger partial charge >= 0.3 is 0 Å². The molecule has 1 aliphatic rings. The first-order chi connectivity index (χ1) is 8.31. The van der Waals surface area contributed by atoms with Gasteiger partial charge in [0.1, 0.15) is 0 Å². The van der Waals surface area contributed by atoms with Gasteiger partial charge < -0.3 is 9.80 Å². The molecular weight excluding hydrogens is 210 g/mol. The van der Waals surface area contributed by atoms with Crippen LogP contribution in [0.1, 0.15) is 19.8 Å². The Morgan fingerprint density at radius 1 is 1.12 bits per heavy atom. The standard InChI is InChI=1S/C14H21N3/c1-2-6-14(15)17-11-9-16(10-12-17)13-7-4-3-5-8-13/h3-5,7-8,15H,2,6,9-12H2,1H3. The number of nitrogens with one attached hydrogen (secondary N) is 1. The van der Waals surface area contributed by atoms with E-state index in [1.165, 1.54) is 5.69 Å². The topological polar surface area (TPSA) is 30.3 Å².